The summed E-state index contributed by atoms with van der Waals surface area (Å²) in [5, 5.41) is 0. The van der Waals surface area contributed by atoms with Gasteiger partial charge in [0, 0.05) is 1930 Å². The third kappa shape index (κ3) is 433. The van der Waals surface area contributed by atoms with E-state index >= 15 is 0 Å². The van der Waals surface area contributed by atoms with E-state index in [9.17, 15) is 0 Å². The minimum absolute atomic E-state index is 0. The molecule has 0 unspecified atom stereocenters. The van der Waals surface area contributed by atoms with Crippen LogP contribution in [-0.4, -0.2) is 0 Å². The van der Waals surface area contributed by atoms with Gasteiger partial charge in [0.25, 0.3) is 0 Å². The van der Waals surface area contributed by atoms with Crippen LogP contribution in [0.15, 0.2) is 0 Å². The molecule has 0 heterocycles. The average Bonchev–Trinajstić information content (AvgIpc) is 0. The summed E-state index contributed by atoms with van der Waals surface area (Å²) in [6, 6.07) is 0. The van der Waals surface area contributed by atoms with Crippen LogP contribution in [0.5, 0.6) is 0 Å². The summed E-state index contributed by atoms with van der Waals surface area (Å²) >= 11 is 0. The van der Waals surface area contributed by atoms with Gasteiger partial charge in [-0.15, -0.1) is 0 Å². The molecule has 0 rings (SSSR count). The SMILES string of the molecule is [CH3-].[Y].[Y].[Y].[Y].[Y].[Y].[Y].[Y].[Y].[Y].[Y].[Y].[Y].[Y].[Y].[Y].[Y].[Y].[Y].[Y].[Y].[Y].[Y].[Y].[Y].[Y].[Y].[Y].[Y].[Y].[Y].[Y].[Y].[Y].[Y].[Y].[Y].[Y].[Y].[Y].[Y].[Y].[Y].[Y].[Y].[Y].[Y].[Y].[Y].[Y].[Y].[Y].[Y].[Y].[Y].[Y].[Y].[Y].[Y]. The van der Waals surface area contributed by atoms with Gasteiger partial charge in [-0.2, -0.15) is 0 Å². The largest absolute Gasteiger partial charge is 0.358 e. The zero-order valence-corrected chi connectivity index (χ0v) is 203. The Balaban J connectivity index is 0. The molecule has 0 aromatic rings. The van der Waals surface area contributed by atoms with Gasteiger partial charge in [0.15, 0.2) is 0 Å². The molecule has 0 atom stereocenters. The minimum atomic E-state index is 0. The van der Waals surface area contributed by atoms with Crippen molar-refractivity contribution in [1.82, 2.24) is 0 Å². The molecule has 0 amide bonds. The Labute approximate surface area is 1860 Å². The summed E-state index contributed by atoms with van der Waals surface area (Å²) in [5.41, 5.74) is 0. The van der Waals surface area contributed by atoms with Crippen molar-refractivity contribution in [1.29, 1.82) is 0 Å². The van der Waals surface area contributed by atoms with Crippen molar-refractivity contribution in [2.75, 3.05) is 0 Å². The van der Waals surface area contributed by atoms with Gasteiger partial charge in [-0.3, -0.25) is 0 Å². The first kappa shape index (κ1) is 455. The molecule has 0 saturated carbocycles. The number of hydrogen-bond acceptors (Lipinski definition) is 0. The fourth-order valence-electron chi connectivity index (χ4n) is 0. The second-order valence-corrected chi connectivity index (χ2v) is 0. The standard InChI is InChI=1S/CH3.59Y/h1H3;;;;;;;;;;;;;;;;;;;;;;;;;;;;;;;;;;;;;;;;;;;;;;;;;;;;;;;;;;;/q-1;;;;;;;;;;;;;;;;;;;;;;;;;;;;;;;;;;;;;;;;;;;;;;;;;;;;;;;;;;;. The number of hydrogen-bond donors (Lipinski definition) is 0. The van der Waals surface area contributed by atoms with E-state index in [1.54, 1.807) is 0 Å². The van der Waals surface area contributed by atoms with Crippen molar-refractivity contribution in [2.45, 2.75) is 0 Å². The maximum atomic E-state index is 0. The van der Waals surface area contributed by atoms with Crippen LogP contribution < -0.4 is 0 Å². The maximum Gasteiger partial charge on any atom is 0 e. The predicted molar refractivity (Wildman–Crippen MR) is 6.41 cm³/mol. The van der Waals surface area contributed by atoms with Gasteiger partial charge in [-0.1, -0.05) is 0 Å². The molecule has 0 aliphatic carbocycles. The molecule has 0 aliphatic heterocycles. The second-order valence-electron chi connectivity index (χ2n) is 0. The molecule has 0 aromatic heterocycles. The Hall–Kier alpha value is 65.1. The van der Waals surface area contributed by atoms with Crippen LogP contribution in [0.25, 0.3) is 0 Å². The molecule has 0 fully saturated rings. The van der Waals surface area contributed by atoms with E-state index in [-0.39, 0.29) is 1940 Å². The summed E-state index contributed by atoms with van der Waals surface area (Å²) in [6.07, 6.45) is 0. The Kier molecular flexibility index (Phi) is 3360. The predicted octanol–water partition coefficient (Wildman–Crippen LogP) is 0.303. The van der Waals surface area contributed by atoms with Crippen LogP contribution >= 0.6 is 0 Å². The smallest absolute Gasteiger partial charge is 0 e. The molecule has 0 N–H and O–H groups in total. The normalized spacial score (nSPS) is 0. The summed E-state index contributed by atoms with van der Waals surface area (Å²) < 4.78 is 0. The average molecular weight is 5260 g/mol. The Morgan fingerprint density at radius 1 is 0.0333 bits per heavy atom. The van der Waals surface area contributed by atoms with E-state index in [1.165, 1.54) is 0 Å². The zero-order chi connectivity index (χ0) is 0. The van der Waals surface area contributed by atoms with Crippen molar-refractivity contribution in [2.24, 2.45) is 0 Å². The first-order chi connectivity index (χ1) is 0. The Bertz CT molecular complexity index is 7.34. The van der Waals surface area contributed by atoms with Gasteiger partial charge < -0.3 is 7.43 Å². The molecule has 185 valence electrons. The monoisotopic (exact) mass is 5260 g/mol. The van der Waals surface area contributed by atoms with Gasteiger partial charge in [0.2, 0.25) is 0 Å². The molecule has 0 spiro atoms. The van der Waals surface area contributed by atoms with E-state index in [2.05, 4.69) is 0 Å². The summed E-state index contributed by atoms with van der Waals surface area (Å²) in [4.78, 5) is 0. The fraction of sp³-hybridized carbons (Fsp3) is 0. The Morgan fingerprint density at radius 3 is 0.0333 bits per heavy atom. The summed E-state index contributed by atoms with van der Waals surface area (Å²) in [6.45, 7) is 0. The van der Waals surface area contributed by atoms with Crippen LogP contribution in [0.1, 0.15) is 0 Å². The second kappa shape index (κ2) is 444. The summed E-state index contributed by atoms with van der Waals surface area (Å²) in [5.74, 6) is 0. The maximum absolute atomic E-state index is 0. The van der Waals surface area contributed by atoms with Crippen molar-refractivity contribution in [3.63, 3.8) is 0 Å². The van der Waals surface area contributed by atoms with Gasteiger partial charge >= 0.3 is 0 Å². The van der Waals surface area contributed by atoms with Gasteiger partial charge in [-0.25, -0.2) is 0 Å². The fourth-order valence-corrected chi connectivity index (χ4v) is 0. The molecule has 60 heavy (non-hydrogen) atoms. The zero-order valence-electron chi connectivity index (χ0n) is 35.1. The van der Waals surface area contributed by atoms with Gasteiger partial charge in [0.1, 0.15) is 0 Å². The Morgan fingerprint density at radius 2 is 0.0333 bits per heavy atom. The molecular weight excluding hydrogens is 5260 g/mol. The first-order valence-corrected chi connectivity index (χ1v) is 0. The summed E-state index contributed by atoms with van der Waals surface area (Å²) in [7, 11) is 0. The minimum Gasteiger partial charge on any atom is -0.358 e. The molecule has 0 aliphatic rings. The van der Waals surface area contributed by atoms with Crippen LogP contribution in [-0.2, 0) is 1930 Å². The van der Waals surface area contributed by atoms with Gasteiger partial charge in [0.05, 0.1) is 0 Å². The number of rotatable bonds is 0. The van der Waals surface area contributed by atoms with Crippen LogP contribution in [0.2, 0.25) is 0 Å². The van der Waals surface area contributed by atoms with E-state index in [0.29, 0.717) is 0 Å². The van der Waals surface area contributed by atoms with Crippen molar-refractivity contribution < 1.29 is 1930 Å². The van der Waals surface area contributed by atoms with E-state index in [0.717, 1.165) is 0 Å². The third-order valence-corrected chi connectivity index (χ3v) is 0. The molecule has 0 aromatic carbocycles. The van der Waals surface area contributed by atoms with Crippen molar-refractivity contribution in [3.05, 3.63) is 7.43 Å². The van der Waals surface area contributed by atoms with Gasteiger partial charge in [-0.05, 0) is 0 Å². The topological polar surface area (TPSA) is 0 Å². The molecule has 0 saturated heterocycles. The molecule has 0 bridgehead atoms. The quantitative estimate of drug-likeness (QED) is 0.307. The van der Waals surface area contributed by atoms with Crippen molar-refractivity contribution >= 4 is 0 Å². The van der Waals surface area contributed by atoms with Crippen molar-refractivity contribution in [3.8, 4) is 0 Å². The van der Waals surface area contributed by atoms with Crippen LogP contribution in [0.4, 0.5) is 0 Å². The first-order valence-electron chi connectivity index (χ1n) is 0. The van der Waals surface area contributed by atoms with Crippen LogP contribution in [0.3, 0.4) is 0 Å². The van der Waals surface area contributed by atoms with E-state index < -0.39 is 0 Å². The van der Waals surface area contributed by atoms with Crippen LogP contribution in [0, 0.1) is 7.43 Å². The molecule has 59 radical (unpaired) electrons. The molecular formula is CH3Y59-. The van der Waals surface area contributed by atoms with E-state index in [4.69, 9.17) is 0 Å². The molecule has 59 heteroatoms. The third-order valence-electron chi connectivity index (χ3n) is 0. The van der Waals surface area contributed by atoms with E-state index in [1.807, 2.05) is 0 Å². The molecule has 0 nitrogen and oxygen atoms in total.